The topological polar surface area (TPSA) is 64.7 Å². The van der Waals surface area contributed by atoms with E-state index < -0.39 is 0 Å². The molecule has 0 aliphatic carbocycles. The Morgan fingerprint density at radius 2 is 2.12 bits per heavy atom. The smallest absolute Gasteiger partial charge is 0.194 e. The van der Waals surface area contributed by atoms with Crippen LogP contribution in [-0.4, -0.2) is 21.5 Å². The summed E-state index contributed by atoms with van der Waals surface area (Å²) in [6.07, 6.45) is 4.36. The average Bonchev–Trinajstić information content (AvgIpc) is 2.32. The molecule has 4 nitrogen and oxygen atoms in total. The van der Waals surface area contributed by atoms with Gasteiger partial charge in [0.15, 0.2) is 5.16 Å². The van der Waals surface area contributed by atoms with E-state index in [0.29, 0.717) is 6.54 Å². The highest BCUT2D eigenvalue weighted by molar-refractivity contribution is 7.99. The molecule has 0 aliphatic rings. The minimum absolute atomic E-state index is 0.619. The molecule has 0 saturated heterocycles. The molecule has 2 rings (SSSR count). The van der Waals surface area contributed by atoms with Crippen molar-refractivity contribution < 1.29 is 0 Å². The summed E-state index contributed by atoms with van der Waals surface area (Å²) in [4.78, 5) is 12.9. The first-order valence-corrected chi connectivity index (χ1v) is 6.22. The van der Waals surface area contributed by atoms with E-state index >= 15 is 0 Å². The van der Waals surface area contributed by atoms with Crippen LogP contribution in [0, 0.1) is 6.92 Å². The summed E-state index contributed by atoms with van der Waals surface area (Å²) in [5, 5.41) is 1.66. The number of nitrogens with zero attached hydrogens (tertiary/aromatic N) is 3. The molecule has 2 N–H and O–H groups in total. The van der Waals surface area contributed by atoms with Crippen LogP contribution >= 0.6 is 11.8 Å². The largest absolute Gasteiger partial charge is 0.330 e. The molecule has 2 heterocycles. The quantitative estimate of drug-likeness (QED) is 0.834. The van der Waals surface area contributed by atoms with Crippen molar-refractivity contribution >= 4 is 11.8 Å². The van der Waals surface area contributed by atoms with Crippen LogP contribution in [0.15, 0.2) is 40.8 Å². The van der Waals surface area contributed by atoms with Crippen molar-refractivity contribution in [3.8, 4) is 0 Å². The predicted octanol–water partition coefficient (Wildman–Crippen LogP) is 1.83. The molecule has 17 heavy (non-hydrogen) atoms. The fourth-order valence-corrected chi connectivity index (χ4v) is 2.31. The summed E-state index contributed by atoms with van der Waals surface area (Å²) in [6.45, 7) is 2.57. The van der Waals surface area contributed by atoms with Gasteiger partial charge in [-0.25, -0.2) is 15.0 Å². The number of nitrogens with two attached hydrogens (primary N) is 1. The van der Waals surface area contributed by atoms with E-state index in [1.165, 1.54) is 11.8 Å². The first kappa shape index (κ1) is 12.0. The molecule has 0 spiro atoms. The van der Waals surface area contributed by atoms with Gasteiger partial charge in [-0.15, -0.1) is 0 Å². The normalized spacial score (nSPS) is 10.5. The third-order valence-electron chi connectivity index (χ3n) is 2.22. The summed E-state index contributed by atoms with van der Waals surface area (Å²) in [7, 11) is 0. The van der Waals surface area contributed by atoms with E-state index in [-0.39, 0.29) is 0 Å². The number of rotatable bonds is 4. The molecular weight excluding hydrogens is 232 g/mol. The lowest BCUT2D eigenvalue weighted by Gasteiger charge is -2.05. The van der Waals surface area contributed by atoms with E-state index in [9.17, 15) is 0 Å². The Balaban J connectivity index is 2.23. The Labute approximate surface area is 105 Å². The molecule has 0 radical (unpaired) electrons. The number of hydrogen-bond acceptors (Lipinski definition) is 5. The summed E-state index contributed by atoms with van der Waals surface area (Å²) in [5.41, 5.74) is 7.68. The molecule has 0 aromatic carbocycles. The number of hydrogen-bond donors (Lipinski definition) is 1. The monoisotopic (exact) mass is 246 g/mol. The molecule has 88 valence electrons. The molecule has 0 aliphatic heterocycles. The minimum Gasteiger partial charge on any atom is -0.330 e. The van der Waals surface area contributed by atoms with E-state index in [2.05, 4.69) is 15.0 Å². The molecule has 5 heteroatoms. The predicted molar refractivity (Wildman–Crippen MR) is 67.9 cm³/mol. The van der Waals surface area contributed by atoms with Gasteiger partial charge in [-0.3, -0.25) is 0 Å². The molecule has 0 unspecified atom stereocenters. The second kappa shape index (κ2) is 5.75. The number of pyridine rings is 1. The van der Waals surface area contributed by atoms with Crippen LogP contribution < -0.4 is 5.73 Å². The molecule has 0 fully saturated rings. The summed E-state index contributed by atoms with van der Waals surface area (Å²) in [6, 6.07) is 5.84. The van der Waals surface area contributed by atoms with Crippen molar-refractivity contribution in [1.29, 1.82) is 0 Å². The van der Waals surface area contributed by atoms with Crippen LogP contribution in [0.1, 0.15) is 11.3 Å². The maximum atomic E-state index is 5.58. The van der Waals surface area contributed by atoms with Crippen molar-refractivity contribution in [2.45, 2.75) is 23.5 Å². The van der Waals surface area contributed by atoms with Gasteiger partial charge in [0, 0.05) is 18.1 Å². The second-order valence-electron chi connectivity index (χ2n) is 3.59. The summed E-state index contributed by atoms with van der Waals surface area (Å²) in [5.74, 6) is 0. The van der Waals surface area contributed by atoms with Gasteiger partial charge >= 0.3 is 0 Å². The molecule has 0 bridgehead atoms. The molecule has 0 atom stereocenters. The van der Waals surface area contributed by atoms with Gasteiger partial charge in [-0.05, 0) is 49.3 Å². The molecular formula is C12H14N4S. The molecule has 0 amide bonds. The van der Waals surface area contributed by atoms with Crippen molar-refractivity contribution in [2.75, 3.05) is 6.54 Å². The number of aromatic nitrogens is 3. The highest BCUT2D eigenvalue weighted by atomic mass is 32.2. The van der Waals surface area contributed by atoms with Gasteiger partial charge in [0.2, 0.25) is 0 Å². The van der Waals surface area contributed by atoms with Crippen LogP contribution in [0.3, 0.4) is 0 Å². The summed E-state index contributed by atoms with van der Waals surface area (Å²) >= 11 is 1.48. The van der Waals surface area contributed by atoms with Gasteiger partial charge in [-0.2, -0.15) is 0 Å². The van der Waals surface area contributed by atoms with Gasteiger partial charge in [0.25, 0.3) is 0 Å². The zero-order chi connectivity index (χ0) is 12.1. The van der Waals surface area contributed by atoms with Crippen LogP contribution in [0.25, 0.3) is 0 Å². The third-order valence-corrected chi connectivity index (χ3v) is 3.16. The molecule has 0 saturated carbocycles. The SMILES string of the molecule is Cc1ccnc(Sc2ncccc2CCN)n1. The van der Waals surface area contributed by atoms with Crippen molar-refractivity contribution in [1.82, 2.24) is 15.0 Å². The zero-order valence-corrected chi connectivity index (χ0v) is 10.4. The first-order chi connectivity index (χ1) is 8.29. The minimum atomic E-state index is 0.619. The standard InChI is InChI=1S/C12H14N4S/c1-9-5-8-15-12(16-9)17-11-10(4-6-13)3-2-7-14-11/h2-3,5,7-8H,4,6,13H2,1H3. The van der Waals surface area contributed by atoms with Crippen LogP contribution in [0.4, 0.5) is 0 Å². The Bertz CT molecular complexity index is 501. The van der Waals surface area contributed by atoms with Gasteiger partial charge in [0.05, 0.1) is 0 Å². The van der Waals surface area contributed by atoms with Gasteiger partial charge in [0.1, 0.15) is 5.03 Å². The lowest BCUT2D eigenvalue weighted by atomic mass is 10.2. The van der Waals surface area contributed by atoms with Crippen molar-refractivity contribution in [3.05, 3.63) is 41.9 Å². The Morgan fingerprint density at radius 3 is 2.88 bits per heavy atom. The number of aryl methyl sites for hydroxylation is 1. The van der Waals surface area contributed by atoms with Crippen LogP contribution in [0.5, 0.6) is 0 Å². The lowest BCUT2D eigenvalue weighted by Crippen LogP contribution is -2.04. The maximum absolute atomic E-state index is 5.58. The Kier molecular flexibility index (Phi) is 4.06. The highest BCUT2D eigenvalue weighted by Crippen LogP contribution is 2.25. The third kappa shape index (κ3) is 3.25. The fourth-order valence-electron chi connectivity index (χ4n) is 1.42. The summed E-state index contributed by atoms with van der Waals surface area (Å²) < 4.78 is 0. The average molecular weight is 246 g/mol. The van der Waals surface area contributed by atoms with E-state index in [1.54, 1.807) is 12.4 Å². The van der Waals surface area contributed by atoms with E-state index in [4.69, 9.17) is 5.73 Å². The van der Waals surface area contributed by atoms with Crippen molar-refractivity contribution in [2.24, 2.45) is 5.73 Å². The highest BCUT2D eigenvalue weighted by Gasteiger charge is 2.06. The lowest BCUT2D eigenvalue weighted by molar-refractivity contribution is 0.896. The second-order valence-corrected chi connectivity index (χ2v) is 4.54. The Morgan fingerprint density at radius 1 is 1.24 bits per heavy atom. The maximum Gasteiger partial charge on any atom is 0.194 e. The molecule has 2 aromatic rings. The van der Waals surface area contributed by atoms with Crippen molar-refractivity contribution in [3.63, 3.8) is 0 Å². The van der Waals surface area contributed by atoms with Crippen LogP contribution in [-0.2, 0) is 6.42 Å². The van der Waals surface area contributed by atoms with Crippen LogP contribution in [0.2, 0.25) is 0 Å². The van der Waals surface area contributed by atoms with E-state index in [1.807, 2.05) is 25.1 Å². The molecule has 2 aromatic heterocycles. The Hall–Kier alpha value is -1.46. The van der Waals surface area contributed by atoms with E-state index in [0.717, 1.165) is 27.9 Å². The van der Waals surface area contributed by atoms with Gasteiger partial charge in [-0.1, -0.05) is 6.07 Å². The van der Waals surface area contributed by atoms with Gasteiger partial charge < -0.3 is 5.73 Å². The zero-order valence-electron chi connectivity index (χ0n) is 9.63. The first-order valence-electron chi connectivity index (χ1n) is 5.41. The fraction of sp³-hybridized carbons (Fsp3) is 0.250.